The number of methoxy groups -OCH3 is 1. The largest absolute Gasteiger partial charge is 0.381 e. The van der Waals surface area contributed by atoms with Crippen LogP contribution in [-0.4, -0.2) is 34.1 Å². The van der Waals surface area contributed by atoms with Crippen molar-refractivity contribution in [3.63, 3.8) is 0 Å². The van der Waals surface area contributed by atoms with E-state index in [9.17, 15) is 10.1 Å². The third-order valence-corrected chi connectivity index (χ3v) is 3.76. The van der Waals surface area contributed by atoms with E-state index in [0.29, 0.717) is 0 Å². The van der Waals surface area contributed by atoms with Crippen LogP contribution >= 0.6 is 0 Å². The van der Waals surface area contributed by atoms with Crippen molar-refractivity contribution in [3.05, 3.63) is 16.3 Å². The lowest BCUT2D eigenvalue weighted by Gasteiger charge is -2.51. The first-order valence-corrected chi connectivity index (χ1v) is 5.92. The van der Waals surface area contributed by atoms with Crippen LogP contribution in [0, 0.1) is 15.5 Å². The van der Waals surface area contributed by atoms with Crippen LogP contribution < -0.4 is 11.1 Å². The minimum absolute atomic E-state index is 0.00789. The van der Waals surface area contributed by atoms with Crippen molar-refractivity contribution >= 4 is 17.5 Å². The number of nitro groups is 1. The summed E-state index contributed by atoms with van der Waals surface area (Å²) in [7, 11) is 1.66. The highest BCUT2D eigenvalue weighted by molar-refractivity contribution is 5.57. The van der Waals surface area contributed by atoms with Gasteiger partial charge in [-0.15, -0.1) is 0 Å². The summed E-state index contributed by atoms with van der Waals surface area (Å²) in [6, 6.07) is 0.0467. The van der Waals surface area contributed by atoms with Gasteiger partial charge in [-0.05, 0) is 6.42 Å². The van der Waals surface area contributed by atoms with E-state index in [1.54, 1.807) is 7.11 Å². The van der Waals surface area contributed by atoms with Gasteiger partial charge in [-0.2, -0.15) is 4.98 Å². The van der Waals surface area contributed by atoms with Crippen LogP contribution in [0.5, 0.6) is 0 Å². The van der Waals surface area contributed by atoms with E-state index >= 15 is 0 Å². The average Bonchev–Trinajstić information content (AvgIpc) is 2.33. The Bertz CT molecular complexity index is 505. The number of ether oxygens (including phenoxy) is 1. The van der Waals surface area contributed by atoms with Crippen LogP contribution in [0.1, 0.15) is 20.3 Å². The van der Waals surface area contributed by atoms with Gasteiger partial charge in [0.05, 0.1) is 11.0 Å². The van der Waals surface area contributed by atoms with E-state index in [2.05, 4.69) is 15.3 Å². The molecule has 0 bridgehead atoms. The molecule has 0 spiro atoms. The lowest BCUT2D eigenvalue weighted by molar-refractivity contribution is -0.384. The third-order valence-electron chi connectivity index (χ3n) is 3.76. The van der Waals surface area contributed by atoms with Gasteiger partial charge in [0.2, 0.25) is 11.8 Å². The first-order valence-electron chi connectivity index (χ1n) is 5.92. The van der Waals surface area contributed by atoms with Gasteiger partial charge in [0.15, 0.2) is 0 Å². The summed E-state index contributed by atoms with van der Waals surface area (Å²) in [6.07, 6.45) is 2.01. The number of nitrogen functional groups attached to an aromatic ring is 1. The molecule has 8 heteroatoms. The van der Waals surface area contributed by atoms with E-state index in [-0.39, 0.29) is 35.0 Å². The van der Waals surface area contributed by atoms with Gasteiger partial charge in [0, 0.05) is 18.6 Å². The number of nitrogens with one attached hydrogen (secondary N) is 1. The molecule has 1 aliphatic carbocycles. The number of hydrogen-bond donors (Lipinski definition) is 2. The first kappa shape index (κ1) is 13.5. The summed E-state index contributed by atoms with van der Waals surface area (Å²) in [4.78, 5) is 17.9. The van der Waals surface area contributed by atoms with Crippen molar-refractivity contribution in [1.29, 1.82) is 0 Å². The number of rotatable bonds is 4. The summed E-state index contributed by atoms with van der Waals surface area (Å²) in [5, 5.41) is 14.0. The highest BCUT2D eigenvalue weighted by atomic mass is 16.6. The maximum absolute atomic E-state index is 10.9. The van der Waals surface area contributed by atoms with Gasteiger partial charge in [-0.3, -0.25) is 10.1 Å². The quantitative estimate of drug-likeness (QED) is 0.621. The van der Waals surface area contributed by atoms with E-state index < -0.39 is 4.92 Å². The van der Waals surface area contributed by atoms with Gasteiger partial charge in [-0.25, -0.2) is 4.98 Å². The lowest BCUT2D eigenvalue weighted by Crippen LogP contribution is -2.57. The Morgan fingerprint density at radius 3 is 2.84 bits per heavy atom. The fraction of sp³-hybridized carbons (Fsp3) is 0.636. The topological polar surface area (TPSA) is 116 Å². The number of anilines is 2. The molecule has 2 rings (SSSR count). The zero-order chi connectivity index (χ0) is 14.2. The maximum atomic E-state index is 10.9. The van der Waals surface area contributed by atoms with Crippen LogP contribution in [0.2, 0.25) is 0 Å². The van der Waals surface area contributed by atoms with Crippen molar-refractivity contribution in [2.45, 2.75) is 32.4 Å². The second-order valence-electron chi connectivity index (χ2n) is 5.20. The standard InChI is InChI=1S/C11H17N5O3/c1-11(2)7(4-8(11)19-3)14-9-6(16(17)18)5-13-10(12)15-9/h5,7-8H,4H2,1-3H3,(H3,12,13,14,15). The predicted molar refractivity (Wildman–Crippen MR) is 69.7 cm³/mol. The Hall–Kier alpha value is -1.96. The van der Waals surface area contributed by atoms with Crippen LogP contribution in [0.15, 0.2) is 6.20 Å². The molecule has 0 aliphatic heterocycles. The van der Waals surface area contributed by atoms with E-state index in [4.69, 9.17) is 10.5 Å². The van der Waals surface area contributed by atoms with Crippen molar-refractivity contribution < 1.29 is 9.66 Å². The monoisotopic (exact) mass is 267 g/mol. The number of hydrogen-bond acceptors (Lipinski definition) is 7. The SMILES string of the molecule is COC1CC(Nc2nc(N)ncc2[N+](=O)[O-])C1(C)C. The molecule has 1 saturated carbocycles. The number of nitrogens with zero attached hydrogens (tertiary/aromatic N) is 3. The summed E-state index contributed by atoms with van der Waals surface area (Å²) >= 11 is 0. The van der Waals surface area contributed by atoms with Crippen LogP contribution in [0.3, 0.4) is 0 Å². The Balaban J connectivity index is 2.21. The molecular weight excluding hydrogens is 250 g/mol. The zero-order valence-electron chi connectivity index (χ0n) is 11.1. The van der Waals surface area contributed by atoms with Gasteiger partial charge < -0.3 is 15.8 Å². The third kappa shape index (κ3) is 2.30. The second-order valence-corrected chi connectivity index (χ2v) is 5.20. The van der Waals surface area contributed by atoms with Crippen molar-refractivity contribution in [1.82, 2.24) is 9.97 Å². The van der Waals surface area contributed by atoms with Gasteiger partial charge >= 0.3 is 5.69 Å². The van der Waals surface area contributed by atoms with E-state index in [0.717, 1.165) is 12.6 Å². The molecule has 19 heavy (non-hydrogen) atoms. The predicted octanol–water partition coefficient (Wildman–Crippen LogP) is 1.19. The fourth-order valence-corrected chi connectivity index (χ4v) is 2.32. The number of nitrogens with two attached hydrogens (primary N) is 1. The maximum Gasteiger partial charge on any atom is 0.329 e. The highest BCUT2D eigenvalue weighted by Crippen LogP contribution is 2.44. The molecule has 2 unspecified atom stereocenters. The highest BCUT2D eigenvalue weighted by Gasteiger charge is 2.49. The molecule has 0 radical (unpaired) electrons. The van der Waals surface area contributed by atoms with Crippen LogP contribution in [0.4, 0.5) is 17.5 Å². The normalized spacial score (nSPS) is 24.6. The van der Waals surface area contributed by atoms with Crippen LogP contribution in [-0.2, 0) is 4.74 Å². The molecule has 1 fully saturated rings. The molecule has 0 saturated heterocycles. The molecule has 104 valence electrons. The lowest BCUT2D eigenvalue weighted by atomic mass is 9.64. The van der Waals surface area contributed by atoms with Gasteiger partial charge in [0.25, 0.3) is 0 Å². The summed E-state index contributed by atoms with van der Waals surface area (Å²) in [5.41, 5.74) is 5.18. The van der Waals surface area contributed by atoms with E-state index in [1.165, 1.54) is 0 Å². The van der Waals surface area contributed by atoms with Gasteiger partial charge in [-0.1, -0.05) is 13.8 Å². The Labute approximate surface area is 110 Å². The molecule has 2 atom stereocenters. The summed E-state index contributed by atoms with van der Waals surface area (Å²) < 4.78 is 5.34. The number of aromatic nitrogens is 2. The van der Waals surface area contributed by atoms with Crippen molar-refractivity contribution in [2.24, 2.45) is 5.41 Å². The Morgan fingerprint density at radius 2 is 2.32 bits per heavy atom. The van der Waals surface area contributed by atoms with Gasteiger partial charge in [0.1, 0.15) is 6.20 Å². The Kier molecular flexibility index (Phi) is 3.27. The molecule has 3 N–H and O–H groups in total. The molecule has 8 nitrogen and oxygen atoms in total. The van der Waals surface area contributed by atoms with E-state index in [1.807, 2.05) is 13.8 Å². The zero-order valence-corrected chi connectivity index (χ0v) is 11.1. The fourth-order valence-electron chi connectivity index (χ4n) is 2.32. The van der Waals surface area contributed by atoms with Crippen molar-refractivity contribution in [2.75, 3.05) is 18.2 Å². The molecular formula is C11H17N5O3. The second kappa shape index (κ2) is 4.61. The summed E-state index contributed by atoms with van der Waals surface area (Å²) in [5.74, 6) is 0.165. The Morgan fingerprint density at radius 1 is 1.63 bits per heavy atom. The molecule has 1 aliphatic rings. The molecule has 1 heterocycles. The smallest absolute Gasteiger partial charge is 0.329 e. The van der Waals surface area contributed by atoms with Crippen LogP contribution in [0.25, 0.3) is 0 Å². The van der Waals surface area contributed by atoms with Crippen molar-refractivity contribution in [3.8, 4) is 0 Å². The first-order chi connectivity index (χ1) is 8.86. The molecule has 1 aromatic heterocycles. The average molecular weight is 267 g/mol. The molecule has 0 aromatic carbocycles. The molecule has 1 aromatic rings. The minimum atomic E-state index is -0.527. The minimum Gasteiger partial charge on any atom is -0.381 e. The summed E-state index contributed by atoms with van der Waals surface area (Å²) in [6.45, 7) is 4.08. The molecule has 0 amide bonds.